The third kappa shape index (κ3) is 18.2. The summed E-state index contributed by atoms with van der Waals surface area (Å²) in [4.78, 5) is -0.0825. The molecular weight excluding hydrogens is 502 g/mol. The van der Waals surface area contributed by atoms with E-state index in [1.54, 1.807) is 12.1 Å². The Bertz CT molecular complexity index is 763. The van der Waals surface area contributed by atoms with Crippen LogP contribution >= 0.6 is 0 Å². The second kappa shape index (κ2) is 22.7. The van der Waals surface area contributed by atoms with E-state index in [2.05, 4.69) is 20.8 Å². The third-order valence-corrected chi connectivity index (χ3v) is 9.24. The molecule has 0 saturated carbocycles. The van der Waals surface area contributed by atoms with E-state index in [1.807, 2.05) is 6.07 Å². The first kappa shape index (κ1) is 36.1. The minimum atomic E-state index is -4.43. The van der Waals surface area contributed by atoms with Gasteiger partial charge < -0.3 is 9.04 Å². The smallest absolute Gasteiger partial charge is 0.124 e. The van der Waals surface area contributed by atoms with Crippen LogP contribution in [0.3, 0.4) is 0 Å². The largest absolute Gasteiger partial charge is 0.744 e. The van der Waals surface area contributed by atoms with Crippen LogP contribution in [0, 0.1) is 0 Å². The standard InChI is InChI=1S/C34H63NO3S/c1-4-7-10-13-16-19-22-28-35(29-23-20-17-14-11-8-5-2,30-24-21-18-15-12-9-6-3)32-33-26-25-27-34(31-33)39(36,37)38/h25-27,31H,4-24,28-30,32H2,1-3H3. The Morgan fingerprint density at radius 3 is 1.28 bits per heavy atom. The quantitative estimate of drug-likeness (QED) is 0.0605. The summed E-state index contributed by atoms with van der Waals surface area (Å²) in [6.07, 6.45) is 27.5. The number of hydrogen-bond acceptors (Lipinski definition) is 3. The van der Waals surface area contributed by atoms with Gasteiger partial charge in [0, 0.05) is 5.56 Å². The van der Waals surface area contributed by atoms with Crippen molar-refractivity contribution in [1.29, 1.82) is 0 Å². The summed E-state index contributed by atoms with van der Waals surface area (Å²) in [5, 5.41) is 0. The van der Waals surface area contributed by atoms with E-state index in [0.717, 1.165) is 36.2 Å². The predicted octanol–water partition coefficient (Wildman–Crippen LogP) is 10.2. The van der Waals surface area contributed by atoms with Crippen LogP contribution in [-0.4, -0.2) is 37.1 Å². The van der Waals surface area contributed by atoms with Crippen LogP contribution in [0.4, 0.5) is 0 Å². The lowest BCUT2D eigenvalue weighted by atomic mass is 10.0. The Balaban J connectivity index is 2.93. The van der Waals surface area contributed by atoms with Crippen LogP contribution in [0.15, 0.2) is 29.2 Å². The highest BCUT2D eigenvalue weighted by molar-refractivity contribution is 7.85. The molecule has 4 nitrogen and oxygen atoms in total. The lowest BCUT2D eigenvalue weighted by Crippen LogP contribution is -2.49. The van der Waals surface area contributed by atoms with Gasteiger partial charge in [-0.05, 0) is 50.7 Å². The molecule has 0 atom stereocenters. The second-order valence-corrected chi connectivity index (χ2v) is 13.5. The van der Waals surface area contributed by atoms with Crippen molar-refractivity contribution >= 4 is 10.1 Å². The molecule has 0 radical (unpaired) electrons. The maximum Gasteiger partial charge on any atom is 0.124 e. The summed E-state index contributed by atoms with van der Waals surface area (Å²) < 4.78 is 36.3. The van der Waals surface area contributed by atoms with E-state index in [4.69, 9.17) is 0 Å². The molecule has 0 heterocycles. The number of benzene rings is 1. The number of hydrogen-bond donors (Lipinski definition) is 0. The normalized spacial score (nSPS) is 12.3. The van der Waals surface area contributed by atoms with Crippen molar-refractivity contribution in [3.8, 4) is 0 Å². The van der Waals surface area contributed by atoms with Crippen LogP contribution in [0.25, 0.3) is 0 Å². The minimum absolute atomic E-state index is 0.0825. The van der Waals surface area contributed by atoms with E-state index in [1.165, 1.54) is 141 Å². The number of unbranched alkanes of at least 4 members (excludes halogenated alkanes) is 18. The van der Waals surface area contributed by atoms with Gasteiger partial charge >= 0.3 is 0 Å². The predicted molar refractivity (Wildman–Crippen MR) is 167 cm³/mol. The highest BCUT2D eigenvalue weighted by atomic mass is 32.2. The van der Waals surface area contributed by atoms with Crippen molar-refractivity contribution in [2.24, 2.45) is 0 Å². The molecule has 0 aromatic heterocycles. The van der Waals surface area contributed by atoms with E-state index >= 15 is 0 Å². The second-order valence-electron chi connectivity index (χ2n) is 12.1. The zero-order chi connectivity index (χ0) is 28.7. The Morgan fingerprint density at radius 2 is 0.923 bits per heavy atom. The van der Waals surface area contributed by atoms with Crippen molar-refractivity contribution < 1.29 is 17.5 Å². The topological polar surface area (TPSA) is 57.2 Å². The highest BCUT2D eigenvalue weighted by Crippen LogP contribution is 2.24. The van der Waals surface area contributed by atoms with Gasteiger partial charge in [0.15, 0.2) is 0 Å². The first-order valence-corrected chi connectivity index (χ1v) is 18.2. The summed E-state index contributed by atoms with van der Waals surface area (Å²) in [6, 6.07) is 6.88. The maximum absolute atomic E-state index is 11.7. The van der Waals surface area contributed by atoms with E-state index in [9.17, 15) is 13.0 Å². The summed E-state index contributed by atoms with van der Waals surface area (Å²) in [7, 11) is -4.43. The Kier molecular flexibility index (Phi) is 21.1. The molecule has 1 aromatic carbocycles. The van der Waals surface area contributed by atoms with E-state index in [-0.39, 0.29) is 4.90 Å². The monoisotopic (exact) mass is 565 g/mol. The molecule has 0 aliphatic carbocycles. The van der Waals surface area contributed by atoms with Crippen molar-refractivity contribution in [3.05, 3.63) is 29.8 Å². The van der Waals surface area contributed by atoms with Gasteiger partial charge in [-0.2, -0.15) is 0 Å². The lowest BCUT2D eigenvalue weighted by Gasteiger charge is -2.40. The molecule has 0 N–H and O–H groups in total. The van der Waals surface area contributed by atoms with Gasteiger partial charge in [0.2, 0.25) is 0 Å². The molecule has 0 aliphatic rings. The first-order valence-electron chi connectivity index (χ1n) is 16.8. The third-order valence-electron chi connectivity index (χ3n) is 8.41. The molecule has 0 fully saturated rings. The van der Waals surface area contributed by atoms with Crippen LogP contribution in [0.5, 0.6) is 0 Å². The molecule has 0 amide bonds. The molecule has 1 aromatic rings. The van der Waals surface area contributed by atoms with Crippen LogP contribution in [0.1, 0.15) is 161 Å². The molecule has 39 heavy (non-hydrogen) atoms. The van der Waals surface area contributed by atoms with Crippen LogP contribution in [0.2, 0.25) is 0 Å². The zero-order valence-corrected chi connectivity index (χ0v) is 26.9. The number of nitrogens with zero attached hydrogens (tertiary/aromatic N) is 1. The fourth-order valence-corrected chi connectivity index (χ4v) is 6.51. The fourth-order valence-electron chi connectivity index (χ4n) is 5.97. The summed E-state index contributed by atoms with van der Waals surface area (Å²) in [5.74, 6) is 0. The van der Waals surface area contributed by atoms with Gasteiger partial charge in [0.05, 0.1) is 24.5 Å². The molecule has 0 saturated heterocycles. The van der Waals surface area contributed by atoms with Crippen molar-refractivity contribution in [2.45, 2.75) is 167 Å². The fraction of sp³-hybridized carbons (Fsp3) is 0.824. The molecule has 0 spiro atoms. The van der Waals surface area contributed by atoms with Gasteiger partial charge in [-0.15, -0.1) is 0 Å². The number of rotatable bonds is 27. The lowest BCUT2D eigenvalue weighted by molar-refractivity contribution is -0.941. The Morgan fingerprint density at radius 1 is 0.564 bits per heavy atom. The maximum atomic E-state index is 11.7. The zero-order valence-electron chi connectivity index (χ0n) is 26.1. The average molecular weight is 566 g/mol. The molecule has 0 bridgehead atoms. The number of quaternary nitrogens is 1. The molecule has 5 heteroatoms. The highest BCUT2D eigenvalue weighted by Gasteiger charge is 2.27. The van der Waals surface area contributed by atoms with Gasteiger partial charge in [-0.1, -0.05) is 129 Å². The van der Waals surface area contributed by atoms with Gasteiger partial charge in [-0.3, -0.25) is 0 Å². The molecule has 1 rings (SSSR count). The summed E-state index contributed by atoms with van der Waals surface area (Å²) >= 11 is 0. The summed E-state index contributed by atoms with van der Waals surface area (Å²) in [5.41, 5.74) is 1.00. The van der Waals surface area contributed by atoms with Crippen LogP contribution in [-0.2, 0) is 16.7 Å². The molecular formula is C34H63NO3S. The average Bonchev–Trinajstić information content (AvgIpc) is 2.91. The molecule has 0 unspecified atom stereocenters. The van der Waals surface area contributed by atoms with Gasteiger partial charge in [-0.25, -0.2) is 8.42 Å². The van der Waals surface area contributed by atoms with Gasteiger partial charge in [0.25, 0.3) is 0 Å². The minimum Gasteiger partial charge on any atom is -0.744 e. The Hall–Kier alpha value is -0.910. The van der Waals surface area contributed by atoms with Crippen molar-refractivity contribution in [2.75, 3.05) is 19.6 Å². The molecule has 228 valence electrons. The van der Waals surface area contributed by atoms with Crippen molar-refractivity contribution in [1.82, 2.24) is 0 Å². The Labute approximate surface area is 243 Å². The van der Waals surface area contributed by atoms with Crippen molar-refractivity contribution in [3.63, 3.8) is 0 Å². The van der Waals surface area contributed by atoms with Crippen LogP contribution < -0.4 is 0 Å². The summed E-state index contributed by atoms with van der Waals surface area (Å²) in [6.45, 7) is 11.1. The first-order chi connectivity index (χ1) is 18.9. The van der Waals surface area contributed by atoms with E-state index < -0.39 is 10.1 Å². The SMILES string of the molecule is CCCCCCCCC[N+](CCCCCCCCC)(CCCCCCCCC)Cc1cccc(S(=O)(=O)[O-])c1. The van der Waals surface area contributed by atoms with Gasteiger partial charge in [0.1, 0.15) is 16.7 Å². The molecule has 0 aliphatic heterocycles. The van der Waals surface area contributed by atoms with E-state index in [0.29, 0.717) is 0 Å².